The molecule has 0 unspecified atom stereocenters. The van der Waals surface area contributed by atoms with E-state index in [9.17, 15) is 4.39 Å². The molecule has 3 nitrogen and oxygen atoms in total. The second kappa shape index (κ2) is 4.73. The zero-order valence-corrected chi connectivity index (χ0v) is 12.1. The van der Waals surface area contributed by atoms with Crippen LogP contribution in [0.2, 0.25) is 0 Å². The lowest BCUT2D eigenvalue weighted by atomic mass is 10.2. The van der Waals surface area contributed by atoms with Gasteiger partial charge in [0.25, 0.3) is 0 Å². The summed E-state index contributed by atoms with van der Waals surface area (Å²) in [7, 11) is 1.83. The van der Waals surface area contributed by atoms with Gasteiger partial charge < -0.3 is 4.57 Å². The molecular formula is C15H9BrFN3. The van der Waals surface area contributed by atoms with E-state index < -0.39 is 0 Å². The van der Waals surface area contributed by atoms with Crippen molar-refractivity contribution in [2.45, 2.75) is 0 Å². The predicted octanol–water partition coefficient (Wildman–Crippen LogP) is 4.01. The molecule has 0 saturated heterocycles. The molecule has 0 fully saturated rings. The Bertz CT molecular complexity index is 861. The van der Waals surface area contributed by atoms with Crippen molar-refractivity contribution in [2.75, 3.05) is 0 Å². The molecule has 0 atom stereocenters. The van der Waals surface area contributed by atoms with E-state index >= 15 is 0 Å². The van der Waals surface area contributed by atoms with Crippen LogP contribution >= 0.6 is 15.9 Å². The number of halogens is 2. The summed E-state index contributed by atoms with van der Waals surface area (Å²) < 4.78 is 16.4. The third-order valence-corrected chi connectivity index (χ3v) is 3.81. The average molecular weight is 330 g/mol. The molecule has 1 heterocycles. The first-order chi connectivity index (χ1) is 9.61. The van der Waals surface area contributed by atoms with E-state index in [0.717, 1.165) is 5.52 Å². The molecule has 0 saturated carbocycles. The van der Waals surface area contributed by atoms with Crippen LogP contribution in [0.4, 0.5) is 4.39 Å². The molecule has 2 aromatic carbocycles. The molecule has 3 aromatic rings. The Labute approximate surface area is 123 Å². The van der Waals surface area contributed by atoms with Crippen molar-refractivity contribution < 1.29 is 4.39 Å². The molecule has 0 spiro atoms. The van der Waals surface area contributed by atoms with Crippen molar-refractivity contribution >= 4 is 27.0 Å². The highest BCUT2D eigenvalue weighted by Gasteiger charge is 2.15. The van der Waals surface area contributed by atoms with Crippen LogP contribution in [-0.4, -0.2) is 9.55 Å². The van der Waals surface area contributed by atoms with Gasteiger partial charge in [0.1, 0.15) is 11.6 Å². The fourth-order valence-electron chi connectivity index (χ4n) is 2.19. The number of rotatable bonds is 1. The van der Waals surface area contributed by atoms with E-state index in [4.69, 9.17) is 5.26 Å². The van der Waals surface area contributed by atoms with E-state index in [1.54, 1.807) is 30.3 Å². The van der Waals surface area contributed by atoms with Gasteiger partial charge in [-0.25, -0.2) is 9.37 Å². The van der Waals surface area contributed by atoms with Gasteiger partial charge in [-0.15, -0.1) is 0 Å². The summed E-state index contributed by atoms with van der Waals surface area (Å²) in [6, 6.07) is 12.4. The predicted molar refractivity (Wildman–Crippen MR) is 78.5 cm³/mol. The number of hydrogen-bond donors (Lipinski definition) is 0. The van der Waals surface area contributed by atoms with E-state index in [0.29, 0.717) is 26.9 Å². The van der Waals surface area contributed by atoms with Crippen LogP contribution in [0.1, 0.15) is 5.56 Å². The highest BCUT2D eigenvalue weighted by atomic mass is 79.9. The highest BCUT2D eigenvalue weighted by Crippen LogP contribution is 2.29. The second-order valence-corrected chi connectivity index (χ2v) is 5.27. The quantitative estimate of drug-likeness (QED) is 0.676. The lowest BCUT2D eigenvalue weighted by Gasteiger charge is -2.05. The minimum absolute atomic E-state index is 0.341. The molecule has 0 N–H and O–H groups in total. The van der Waals surface area contributed by atoms with Crippen molar-refractivity contribution in [3.8, 4) is 17.5 Å². The largest absolute Gasteiger partial charge is 0.327 e. The first-order valence-corrected chi connectivity index (χ1v) is 6.72. The number of nitriles is 1. The van der Waals surface area contributed by atoms with Crippen LogP contribution in [0.5, 0.6) is 0 Å². The lowest BCUT2D eigenvalue weighted by molar-refractivity contribution is 0.622. The molecule has 3 rings (SSSR count). The minimum Gasteiger partial charge on any atom is -0.327 e. The van der Waals surface area contributed by atoms with Crippen molar-refractivity contribution in [1.29, 1.82) is 5.26 Å². The van der Waals surface area contributed by atoms with Gasteiger partial charge in [0, 0.05) is 7.05 Å². The van der Waals surface area contributed by atoms with Gasteiger partial charge >= 0.3 is 0 Å². The Balaban J connectivity index is 2.30. The van der Waals surface area contributed by atoms with Crippen LogP contribution in [0.25, 0.3) is 22.4 Å². The van der Waals surface area contributed by atoms with Crippen molar-refractivity contribution in [3.63, 3.8) is 0 Å². The molecule has 0 aliphatic rings. The van der Waals surface area contributed by atoms with E-state index in [2.05, 4.69) is 27.0 Å². The molecule has 98 valence electrons. The van der Waals surface area contributed by atoms with Gasteiger partial charge in [0.2, 0.25) is 0 Å². The Morgan fingerprint density at radius 1 is 1.30 bits per heavy atom. The molecule has 0 aliphatic heterocycles. The van der Waals surface area contributed by atoms with Gasteiger partial charge in [-0.1, -0.05) is 6.07 Å². The maximum absolute atomic E-state index is 14.2. The molecule has 20 heavy (non-hydrogen) atoms. The number of aromatic nitrogens is 2. The highest BCUT2D eigenvalue weighted by molar-refractivity contribution is 9.10. The third kappa shape index (κ3) is 1.89. The molecule has 0 aliphatic carbocycles. The zero-order valence-electron chi connectivity index (χ0n) is 10.6. The minimum atomic E-state index is -0.341. The number of hydrogen-bond acceptors (Lipinski definition) is 2. The first kappa shape index (κ1) is 12.8. The standard InChI is InChI=1S/C15H9BrFN3/c1-20-13-6-5-9(8-18)7-12(13)19-15(20)10-3-2-4-11(16)14(10)17/h2-7H,1H3. The normalized spacial score (nSPS) is 10.7. The van der Waals surface area contributed by atoms with Crippen LogP contribution in [0.15, 0.2) is 40.9 Å². The van der Waals surface area contributed by atoms with Crippen molar-refractivity contribution in [3.05, 3.63) is 52.3 Å². The molecule has 0 radical (unpaired) electrons. The Morgan fingerprint density at radius 2 is 2.10 bits per heavy atom. The summed E-state index contributed by atoms with van der Waals surface area (Å²) in [5, 5.41) is 8.92. The van der Waals surface area contributed by atoms with E-state index in [-0.39, 0.29) is 5.82 Å². The zero-order chi connectivity index (χ0) is 14.3. The maximum atomic E-state index is 14.2. The summed E-state index contributed by atoms with van der Waals surface area (Å²) >= 11 is 3.18. The van der Waals surface area contributed by atoms with E-state index in [1.807, 2.05) is 17.7 Å². The monoisotopic (exact) mass is 329 g/mol. The summed E-state index contributed by atoms with van der Waals surface area (Å²) in [5.41, 5.74) is 2.51. The Hall–Kier alpha value is -2.19. The van der Waals surface area contributed by atoms with Gasteiger partial charge in [-0.3, -0.25) is 0 Å². The number of imidazole rings is 1. The van der Waals surface area contributed by atoms with Crippen LogP contribution in [0, 0.1) is 17.1 Å². The van der Waals surface area contributed by atoms with Crippen LogP contribution < -0.4 is 0 Å². The second-order valence-electron chi connectivity index (χ2n) is 4.41. The molecule has 1 aromatic heterocycles. The van der Waals surface area contributed by atoms with Gasteiger partial charge in [-0.05, 0) is 46.3 Å². The number of benzene rings is 2. The lowest BCUT2D eigenvalue weighted by Crippen LogP contribution is -1.95. The summed E-state index contributed by atoms with van der Waals surface area (Å²) in [6.07, 6.45) is 0. The Morgan fingerprint density at radius 3 is 2.85 bits per heavy atom. The first-order valence-electron chi connectivity index (χ1n) is 5.93. The molecule has 0 bridgehead atoms. The van der Waals surface area contributed by atoms with Crippen LogP contribution in [-0.2, 0) is 7.05 Å². The van der Waals surface area contributed by atoms with Gasteiger partial charge in [0.05, 0.1) is 32.7 Å². The summed E-state index contributed by atoms with van der Waals surface area (Å²) in [6.45, 7) is 0. The van der Waals surface area contributed by atoms with Crippen molar-refractivity contribution in [2.24, 2.45) is 7.05 Å². The van der Waals surface area contributed by atoms with Gasteiger partial charge in [-0.2, -0.15) is 5.26 Å². The maximum Gasteiger partial charge on any atom is 0.148 e. The number of aryl methyl sites for hydroxylation is 1. The number of nitrogens with zero attached hydrogens (tertiary/aromatic N) is 3. The fourth-order valence-corrected chi connectivity index (χ4v) is 2.55. The van der Waals surface area contributed by atoms with Gasteiger partial charge in [0.15, 0.2) is 0 Å². The third-order valence-electron chi connectivity index (χ3n) is 3.20. The van der Waals surface area contributed by atoms with E-state index in [1.165, 1.54) is 0 Å². The molecular weight excluding hydrogens is 321 g/mol. The SMILES string of the molecule is Cn1c(-c2cccc(Br)c2F)nc2cc(C#N)ccc21. The molecule has 0 amide bonds. The van der Waals surface area contributed by atoms with Crippen LogP contribution in [0.3, 0.4) is 0 Å². The summed E-state index contributed by atoms with van der Waals surface area (Å²) in [4.78, 5) is 4.44. The topological polar surface area (TPSA) is 41.6 Å². The average Bonchev–Trinajstić information content (AvgIpc) is 2.78. The number of fused-ring (bicyclic) bond motifs is 1. The Kier molecular flexibility index (Phi) is 3.03. The smallest absolute Gasteiger partial charge is 0.148 e. The molecule has 5 heteroatoms. The summed E-state index contributed by atoms with van der Waals surface area (Å²) in [5.74, 6) is 0.195. The van der Waals surface area contributed by atoms with Crippen molar-refractivity contribution in [1.82, 2.24) is 9.55 Å². The fraction of sp³-hybridized carbons (Fsp3) is 0.0667.